The number of amides is 2. The Balaban J connectivity index is 1.41. The summed E-state index contributed by atoms with van der Waals surface area (Å²) >= 11 is 6.15. The molecule has 2 aliphatic rings. The minimum absolute atomic E-state index is 0.0322. The Labute approximate surface area is 165 Å². The minimum atomic E-state index is -0.268. The van der Waals surface area contributed by atoms with Crippen molar-refractivity contribution in [3.05, 3.63) is 28.3 Å². The average Bonchev–Trinajstić information content (AvgIpc) is 3.19. The van der Waals surface area contributed by atoms with Gasteiger partial charge in [0.25, 0.3) is 11.8 Å². The lowest BCUT2D eigenvalue weighted by Crippen LogP contribution is -2.49. The molecule has 27 heavy (non-hydrogen) atoms. The monoisotopic (exact) mass is 394 g/mol. The molecule has 148 valence electrons. The van der Waals surface area contributed by atoms with Crippen LogP contribution in [0.5, 0.6) is 5.75 Å². The zero-order valence-electron chi connectivity index (χ0n) is 15.9. The molecule has 0 bridgehead atoms. The third-order valence-electron chi connectivity index (χ3n) is 5.16. The molecular weight excluding hydrogens is 368 g/mol. The van der Waals surface area contributed by atoms with Crippen LogP contribution in [0.1, 0.15) is 36.8 Å². The van der Waals surface area contributed by atoms with Crippen LogP contribution in [0, 0.1) is 13.8 Å². The van der Waals surface area contributed by atoms with Gasteiger partial charge in [-0.3, -0.25) is 9.59 Å². The number of benzene rings is 1. The van der Waals surface area contributed by atoms with Crippen molar-refractivity contribution in [3.8, 4) is 5.75 Å². The maximum atomic E-state index is 12.4. The molecule has 0 aliphatic carbocycles. The minimum Gasteiger partial charge on any atom is -0.484 e. The highest BCUT2D eigenvalue weighted by Gasteiger charge is 2.31. The average molecular weight is 395 g/mol. The lowest BCUT2D eigenvalue weighted by atomic mass is 10.0. The molecule has 1 unspecified atom stereocenters. The number of likely N-dealkylation sites (tertiary alicyclic amines) is 1. The molecule has 1 atom stereocenters. The normalized spacial score (nSPS) is 20.6. The first-order valence-corrected chi connectivity index (χ1v) is 9.91. The number of nitrogens with one attached hydrogen (secondary N) is 1. The number of halogens is 1. The van der Waals surface area contributed by atoms with Crippen molar-refractivity contribution in [1.29, 1.82) is 0 Å². The summed E-state index contributed by atoms with van der Waals surface area (Å²) in [7, 11) is 0. The van der Waals surface area contributed by atoms with Crippen molar-refractivity contribution in [2.75, 3.05) is 26.3 Å². The Hall–Kier alpha value is -1.79. The molecule has 2 saturated heterocycles. The van der Waals surface area contributed by atoms with Crippen molar-refractivity contribution in [2.45, 2.75) is 51.7 Å². The highest BCUT2D eigenvalue weighted by Crippen LogP contribution is 2.25. The van der Waals surface area contributed by atoms with Crippen LogP contribution in [0.3, 0.4) is 0 Å². The first-order chi connectivity index (χ1) is 12.9. The Bertz CT molecular complexity index is 672. The van der Waals surface area contributed by atoms with Crippen LogP contribution in [0.25, 0.3) is 0 Å². The second-order valence-corrected chi connectivity index (χ2v) is 7.71. The number of aryl methyl sites for hydroxylation is 2. The summed E-state index contributed by atoms with van der Waals surface area (Å²) in [6.45, 7) is 5.77. The van der Waals surface area contributed by atoms with Crippen LogP contribution in [0.2, 0.25) is 5.02 Å². The van der Waals surface area contributed by atoms with E-state index in [4.69, 9.17) is 21.1 Å². The molecule has 6 nitrogen and oxygen atoms in total. The van der Waals surface area contributed by atoms with Crippen LogP contribution in [0.4, 0.5) is 0 Å². The Morgan fingerprint density at radius 3 is 2.48 bits per heavy atom. The summed E-state index contributed by atoms with van der Waals surface area (Å²) < 4.78 is 11.1. The van der Waals surface area contributed by atoms with Crippen LogP contribution in [0.15, 0.2) is 12.1 Å². The molecule has 0 radical (unpaired) electrons. The number of carbonyl (C=O) groups excluding carboxylic acids is 2. The highest BCUT2D eigenvalue weighted by atomic mass is 35.5. The van der Waals surface area contributed by atoms with E-state index in [-0.39, 0.29) is 30.6 Å². The Morgan fingerprint density at radius 1 is 1.22 bits per heavy atom. The first kappa shape index (κ1) is 20.0. The molecule has 3 rings (SSSR count). The van der Waals surface area contributed by atoms with Gasteiger partial charge in [-0.15, -0.1) is 0 Å². The quantitative estimate of drug-likeness (QED) is 0.833. The van der Waals surface area contributed by atoms with E-state index in [2.05, 4.69) is 5.32 Å². The van der Waals surface area contributed by atoms with Gasteiger partial charge in [0.2, 0.25) is 0 Å². The second-order valence-electron chi connectivity index (χ2n) is 7.33. The van der Waals surface area contributed by atoms with Gasteiger partial charge in [0, 0.05) is 30.8 Å². The summed E-state index contributed by atoms with van der Waals surface area (Å²) in [5.74, 6) is 0.583. The fraction of sp³-hybridized carbons (Fsp3) is 0.600. The van der Waals surface area contributed by atoms with Crippen LogP contribution in [-0.4, -0.2) is 55.2 Å². The lowest BCUT2D eigenvalue weighted by Gasteiger charge is -2.33. The largest absolute Gasteiger partial charge is 0.484 e. The smallest absolute Gasteiger partial charge is 0.258 e. The zero-order valence-corrected chi connectivity index (χ0v) is 16.7. The number of ether oxygens (including phenoxy) is 2. The van der Waals surface area contributed by atoms with Gasteiger partial charge in [0.05, 0.1) is 0 Å². The van der Waals surface area contributed by atoms with E-state index >= 15 is 0 Å². The van der Waals surface area contributed by atoms with E-state index < -0.39 is 0 Å². The number of hydrogen-bond acceptors (Lipinski definition) is 4. The lowest BCUT2D eigenvalue weighted by molar-refractivity contribution is -0.142. The molecule has 1 aromatic carbocycles. The molecule has 1 aromatic rings. The van der Waals surface area contributed by atoms with E-state index in [1.54, 1.807) is 0 Å². The van der Waals surface area contributed by atoms with Gasteiger partial charge in [-0.2, -0.15) is 0 Å². The molecule has 7 heteroatoms. The zero-order chi connectivity index (χ0) is 19.4. The van der Waals surface area contributed by atoms with Crippen molar-refractivity contribution >= 4 is 23.4 Å². The van der Waals surface area contributed by atoms with Crippen molar-refractivity contribution in [1.82, 2.24) is 10.2 Å². The van der Waals surface area contributed by atoms with E-state index in [9.17, 15) is 9.59 Å². The third-order valence-corrected chi connectivity index (χ3v) is 5.75. The molecular formula is C20H27ClN2O4. The summed E-state index contributed by atoms with van der Waals surface area (Å²) in [6, 6.07) is 3.73. The number of carbonyl (C=O) groups is 2. The van der Waals surface area contributed by atoms with Gasteiger partial charge in [-0.05, 0) is 62.8 Å². The third kappa shape index (κ3) is 5.14. The van der Waals surface area contributed by atoms with Crippen LogP contribution >= 0.6 is 11.6 Å². The standard InChI is InChI=1S/C20H27ClN2O4/c1-13-10-16(11-14(2)19(13)21)27-12-18(24)22-15-5-7-23(8-6-15)20(25)17-4-3-9-26-17/h10-11,15,17H,3-9,12H2,1-2H3,(H,22,24). The molecule has 1 N–H and O–H groups in total. The fourth-order valence-corrected chi connectivity index (χ4v) is 3.74. The van der Waals surface area contributed by atoms with Crippen molar-refractivity contribution in [2.24, 2.45) is 0 Å². The van der Waals surface area contributed by atoms with Gasteiger partial charge in [-0.1, -0.05) is 11.6 Å². The molecule has 0 saturated carbocycles. The number of hydrogen-bond donors (Lipinski definition) is 1. The first-order valence-electron chi connectivity index (χ1n) is 9.53. The van der Waals surface area contributed by atoms with E-state index in [1.165, 1.54) is 0 Å². The van der Waals surface area contributed by atoms with Crippen LogP contribution < -0.4 is 10.1 Å². The highest BCUT2D eigenvalue weighted by molar-refractivity contribution is 6.32. The summed E-state index contributed by atoms with van der Waals surface area (Å²) in [5, 5.41) is 3.72. The van der Waals surface area contributed by atoms with Gasteiger partial charge >= 0.3 is 0 Å². The maximum Gasteiger partial charge on any atom is 0.258 e. The van der Waals surface area contributed by atoms with Crippen molar-refractivity contribution in [3.63, 3.8) is 0 Å². The topological polar surface area (TPSA) is 67.9 Å². The maximum absolute atomic E-state index is 12.4. The molecule has 2 heterocycles. The van der Waals surface area contributed by atoms with Gasteiger partial charge in [0.15, 0.2) is 6.61 Å². The second kappa shape index (κ2) is 8.93. The summed E-state index contributed by atoms with van der Waals surface area (Å²) in [6.07, 6.45) is 3.01. The summed E-state index contributed by atoms with van der Waals surface area (Å²) in [4.78, 5) is 26.4. The molecule has 0 spiro atoms. The Kier molecular flexibility index (Phi) is 6.60. The number of nitrogens with zero attached hydrogens (tertiary/aromatic N) is 1. The van der Waals surface area contributed by atoms with Gasteiger partial charge in [-0.25, -0.2) is 0 Å². The van der Waals surface area contributed by atoms with Gasteiger partial charge in [0.1, 0.15) is 11.9 Å². The molecule has 2 aliphatic heterocycles. The number of piperidine rings is 1. The van der Waals surface area contributed by atoms with Crippen LogP contribution in [-0.2, 0) is 14.3 Å². The van der Waals surface area contributed by atoms with Gasteiger partial charge < -0.3 is 19.7 Å². The SMILES string of the molecule is Cc1cc(OCC(=O)NC2CCN(C(=O)C3CCCO3)CC2)cc(C)c1Cl. The molecule has 0 aromatic heterocycles. The molecule has 2 fully saturated rings. The predicted molar refractivity (Wildman–Crippen MR) is 103 cm³/mol. The van der Waals surface area contributed by atoms with E-state index in [1.807, 2.05) is 30.9 Å². The van der Waals surface area contributed by atoms with E-state index in [0.29, 0.717) is 25.4 Å². The predicted octanol–water partition coefficient (Wildman–Crippen LogP) is 2.62. The Morgan fingerprint density at radius 2 is 1.89 bits per heavy atom. The fourth-order valence-electron chi connectivity index (χ4n) is 3.63. The summed E-state index contributed by atoms with van der Waals surface area (Å²) in [5.41, 5.74) is 1.85. The number of rotatable bonds is 5. The molecule has 2 amide bonds. The van der Waals surface area contributed by atoms with Crippen molar-refractivity contribution < 1.29 is 19.1 Å². The van der Waals surface area contributed by atoms with E-state index in [0.717, 1.165) is 41.8 Å².